The number of carbonyl (C=O) groups excluding carboxylic acids is 1. The lowest BCUT2D eigenvalue weighted by Crippen LogP contribution is -2.04. The smallest absolute Gasteiger partial charge is 0.237 e. The van der Waals surface area contributed by atoms with Gasteiger partial charge in [-0.2, -0.15) is 4.98 Å². The Morgan fingerprint density at radius 3 is 3.00 bits per heavy atom. The van der Waals surface area contributed by atoms with E-state index in [1.54, 1.807) is 0 Å². The van der Waals surface area contributed by atoms with Crippen molar-refractivity contribution in [2.75, 3.05) is 0 Å². The van der Waals surface area contributed by atoms with Gasteiger partial charge in [-0.3, -0.25) is 4.79 Å². The molecule has 0 amide bonds. The van der Waals surface area contributed by atoms with Crippen LogP contribution in [0.15, 0.2) is 33.3 Å². The maximum atomic E-state index is 11.6. The van der Waals surface area contributed by atoms with Crippen molar-refractivity contribution in [1.82, 2.24) is 10.1 Å². The molecule has 1 unspecified atom stereocenters. The molecule has 1 aromatic heterocycles. The van der Waals surface area contributed by atoms with Crippen molar-refractivity contribution < 1.29 is 9.32 Å². The Labute approximate surface area is 113 Å². The summed E-state index contributed by atoms with van der Waals surface area (Å²) >= 11 is 3.40. The number of hydrogen-bond acceptors (Lipinski definition) is 4. The van der Waals surface area contributed by atoms with Gasteiger partial charge in [-0.25, -0.2) is 0 Å². The van der Waals surface area contributed by atoms with Crippen molar-refractivity contribution in [3.05, 3.63) is 34.6 Å². The number of aromatic nitrogens is 2. The van der Waals surface area contributed by atoms with E-state index in [0.717, 1.165) is 22.9 Å². The molecule has 92 valence electrons. The Morgan fingerprint density at radius 2 is 2.28 bits per heavy atom. The summed E-state index contributed by atoms with van der Waals surface area (Å²) in [5.74, 6) is 0.997. The lowest BCUT2D eigenvalue weighted by molar-refractivity contribution is -0.119. The van der Waals surface area contributed by atoms with Crippen LogP contribution in [-0.4, -0.2) is 15.9 Å². The number of ketones is 1. The minimum Gasteiger partial charge on any atom is -0.338 e. The first kappa shape index (κ1) is 11.6. The number of halogens is 1. The van der Waals surface area contributed by atoms with E-state index in [4.69, 9.17) is 4.52 Å². The normalized spacial score (nSPS) is 19.4. The number of Topliss-reactive ketones (excluding diaryl/α,β-unsaturated/α-hetero) is 1. The fourth-order valence-electron chi connectivity index (χ4n) is 2.20. The molecule has 1 heterocycles. The van der Waals surface area contributed by atoms with Gasteiger partial charge in [0.2, 0.25) is 11.7 Å². The zero-order valence-corrected chi connectivity index (χ0v) is 11.2. The molecule has 0 aliphatic heterocycles. The van der Waals surface area contributed by atoms with Gasteiger partial charge in [-0.05, 0) is 25.0 Å². The van der Waals surface area contributed by atoms with Crippen LogP contribution in [-0.2, 0) is 4.79 Å². The second kappa shape index (κ2) is 4.65. The van der Waals surface area contributed by atoms with Crippen molar-refractivity contribution >= 4 is 21.7 Å². The Morgan fingerprint density at radius 1 is 1.39 bits per heavy atom. The highest BCUT2D eigenvalue weighted by atomic mass is 79.9. The summed E-state index contributed by atoms with van der Waals surface area (Å²) in [5, 5.41) is 3.95. The molecule has 1 aromatic carbocycles. The van der Waals surface area contributed by atoms with Gasteiger partial charge in [0.15, 0.2) is 0 Å². The Balaban J connectivity index is 1.92. The first-order chi connectivity index (χ1) is 8.74. The van der Waals surface area contributed by atoms with E-state index < -0.39 is 0 Å². The Bertz CT molecular complexity index is 594. The van der Waals surface area contributed by atoms with Crippen molar-refractivity contribution in [1.29, 1.82) is 0 Å². The van der Waals surface area contributed by atoms with Crippen LogP contribution in [0.2, 0.25) is 0 Å². The zero-order valence-electron chi connectivity index (χ0n) is 9.60. The lowest BCUT2D eigenvalue weighted by atomic mass is 10.1. The fourth-order valence-corrected chi connectivity index (χ4v) is 2.60. The minimum absolute atomic E-state index is 0.196. The molecule has 1 aliphatic rings. The highest BCUT2D eigenvalue weighted by Crippen LogP contribution is 2.31. The predicted molar refractivity (Wildman–Crippen MR) is 69.0 cm³/mol. The van der Waals surface area contributed by atoms with Crippen LogP contribution in [0, 0.1) is 0 Å². The molecule has 1 saturated carbocycles. The largest absolute Gasteiger partial charge is 0.338 e. The third-order valence-electron chi connectivity index (χ3n) is 3.13. The summed E-state index contributed by atoms with van der Waals surface area (Å²) < 4.78 is 6.18. The number of rotatable bonds is 2. The number of carbonyl (C=O) groups is 1. The summed E-state index contributed by atoms with van der Waals surface area (Å²) in [4.78, 5) is 16.0. The molecule has 2 aromatic rings. The minimum atomic E-state index is -0.196. The van der Waals surface area contributed by atoms with E-state index >= 15 is 0 Å². The molecular formula is C13H11BrN2O2. The van der Waals surface area contributed by atoms with Crippen molar-refractivity contribution in [3.63, 3.8) is 0 Å². The van der Waals surface area contributed by atoms with E-state index in [9.17, 15) is 4.79 Å². The summed E-state index contributed by atoms with van der Waals surface area (Å²) in [6.45, 7) is 0. The molecule has 0 N–H and O–H groups in total. The van der Waals surface area contributed by atoms with Gasteiger partial charge in [0, 0.05) is 16.5 Å². The zero-order chi connectivity index (χ0) is 12.5. The van der Waals surface area contributed by atoms with Gasteiger partial charge in [-0.15, -0.1) is 0 Å². The third-order valence-corrected chi connectivity index (χ3v) is 3.62. The molecule has 0 radical (unpaired) electrons. The standard InChI is InChI=1S/C13H11BrN2O2/c14-9-4-1-3-8(7-9)12-15-13(18-16-12)10-5-2-6-11(10)17/h1,3-4,7,10H,2,5-6H2. The lowest BCUT2D eigenvalue weighted by Gasteiger charge is -1.98. The molecule has 4 nitrogen and oxygen atoms in total. The highest BCUT2D eigenvalue weighted by Gasteiger charge is 2.30. The Hall–Kier alpha value is -1.49. The highest BCUT2D eigenvalue weighted by molar-refractivity contribution is 9.10. The van der Waals surface area contributed by atoms with Crippen LogP contribution in [0.1, 0.15) is 31.1 Å². The van der Waals surface area contributed by atoms with Crippen LogP contribution >= 0.6 is 15.9 Å². The Kier molecular flexibility index (Phi) is 2.99. The number of nitrogens with zero attached hydrogens (tertiary/aromatic N) is 2. The van der Waals surface area contributed by atoms with E-state index in [1.165, 1.54) is 0 Å². The first-order valence-corrected chi connectivity index (χ1v) is 6.65. The van der Waals surface area contributed by atoms with Gasteiger partial charge in [0.05, 0.1) is 5.92 Å². The molecule has 1 aliphatic carbocycles. The molecule has 1 fully saturated rings. The monoisotopic (exact) mass is 306 g/mol. The summed E-state index contributed by atoms with van der Waals surface area (Å²) in [6, 6.07) is 7.68. The predicted octanol–water partition coefficient (Wildman–Crippen LogP) is 3.34. The molecule has 18 heavy (non-hydrogen) atoms. The first-order valence-electron chi connectivity index (χ1n) is 5.86. The maximum absolute atomic E-state index is 11.6. The molecule has 0 saturated heterocycles. The van der Waals surface area contributed by atoms with E-state index in [-0.39, 0.29) is 11.7 Å². The van der Waals surface area contributed by atoms with E-state index in [0.29, 0.717) is 18.1 Å². The van der Waals surface area contributed by atoms with Crippen LogP contribution in [0.3, 0.4) is 0 Å². The molecule has 0 bridgehead atoms. The molecular weight excluding hydrogens is 296 g/mol. The average molecular weight is 307 g/mol. The third kappa shape index (κ3) is 2.10. The number of benzene rings is 1. The SMILES string of the molecule is O=C1CCCC1c1nc(-c2cccc(Br)c2)no1. The van der Waals surface area contributed by atoms with Crippen LogP contribution in [0.5, 0.6) is 0 Å². The van der Waals surface area contributed by atoms with Crippen molar-refractivity contribution in [3.8, 4) is 11.4 Å². The molecule has 5 heteroatoms. The average Bonchev–Trinajstić information content (AvgIpc) is 2.97. The van der Waals surface area contributed by atoms with Crippen LogP contribution in [0.4, 0.5) is 0 Å². The summed E-state index contributed by atoms with van der Waals surface area (Å²) in [6.07, 6.45) is 2.36. The number of hydrogen-bond donors (Lipinski definition) is 0. The van der Waals surface area contributed by atoms with Crippen molar-refractivity contribution in [2.45, 2.75) is 25.2 Å². The maximum Gasteiger partial charge on any atom is 0.237 e. The molecule has 1 atom stereocenters. The van der Waals surface area contributed by atoms with Gasteiger partial charge in [0.1, 0.15) is 5.78 Å². The molecule has 0 spiro atoms. The van der Waals surface area contributed by atoms with Crippen molar-refractivity contribution in [2.24, 2.45) is 0 Å². The van der Waals surface area contributed by atoms with Gasteiger partial charge < -0.3 is 4.52 Å². The fraction of sp³-hybridized carbons (Fsp3) is 0.308. The van der Waals surface area contributed by atoms with Crippen LogP contribution < -0.4 is 0 Å². The topological polar surface area (TPSA) is 56.0 Å². The second-order valence-corrected chi connectivity index (χ2v) is 5.29. The molecule has 3 rings (SSSR count). The quantitative estimate of drug-likeness (QED) is 0.854. The summed E-state index contributed by atoms with van der Waals surface area (Å²) in [5.41, 5.74) is 0.879. The van der Waals surface area contributed by atoms with Crippen LogP contribution in [0.25, 0.3) is 11.4 Å². The van der Waals surface area contributed by atoms with E-state index in [1.807, 2.05) is 24.3 Å². The second-order valence-electron chi connectivity index (χ2n) is 4.38. The van der Waals surface area contributed by atoms with Gasteiger partial charge >= 0.3 is 0 Å². The van der Waals surface area contributed by atoms with Gasteiger partial charge in [0.25, 0.3) is 0 Å². The van der Waals surface area contributed by atoms with Gasteiger partial charge in [-0.1, -0.05) is 33.2 Å². The summed E-state index contributed by atoms with van der Waals surface area (Å²) in [7, 11) is 0. The van der Waals surface area contributed by atoms with E-state index in [2.05, 4.69) is 26.1 Å².